The molecule has 0 aliphatic rings. The van der Waals surface area contributed by atoms with Crippen LogP contribution in [0.5, 0.6) is 0 Å². The molecule has 5 N–H and O–H groups in total. The molecule has 0 aromatic carbocycles. The predicted molar refractivity (Wildman–Crippen MR) is 247 cm³/mol. The average Bonchev–Trinajstić information content (AvgIpc) is 3.22. The van der Waals surface area contributed by atoms with Gasteiger partial charge in [0.15, 0.2) is 0 Å². The first-order valence-corrected chi connectivity index (χ1v) is 25.2. The van der Waals surface area contributed by atoms with Crippen LogP contribution in [-0.4, -0.2) is 57.3 Å². The highest BCUT2D eigenvalue weighted by Crippen LogP contribution is 2.17. The molecular formula is C51H99NO5. The van der Waals surface area contributed by atoms with E-state index in [9.17, 15) is 25.2 Å². The molecule has 0 fully saturated rings. The predicted octanol–water partition coefficient (Wildman–Crippen LogP) is 13.9. The van der Waals surface area contributed by atoms with Crippen LogP contribution in [0.1, 0.15) is 264 Å². The Labute approximate surface area is 354 Å². The van der Waals surface area contributed by atoms with Crippen molar-refractivity contribution < 1.29 is 25.2 Å². The number of unbranched alkanes of at least 4 members (excludes halogenated alkanes) is 33. The van der Waals surface area contributed by atoms with Gasteiger partial charge in [0.1, 0.15) is 12.2 Å². The average molecular weight is 806 g/mol. The van der Waals surface area contributed by atoms with Crippen LogP contribution in [0.3, 0.4) is 0 Å². The Bertz CT molecular complexity index is 863. The van der Waals surface area contributed by atoms with Crippen molar-refractivity contribution in [3.8, 4) is 0 Å². The minimum absolute atomic E-state index is 0.350. The lowest BCUT2D eigenvalue weighted by Crippen LogP contribution is -2.53. The zero-order valence-electron chi connectivity index (χ0n) is 38.1. The van der Waals surface area contributed by atoms with Crippen molar-refractivity contribution in [2.45, 2.75) is 289 Å². The van der Waals surface area contributed by atoms with Crippen LogP contribution < -0.4 is 5.32 Å². The summed E-state index contributed by atoms with van der Waals surface area (Å²) in [5.74, 6) is -0.600. The van der Waals surface area contributed by atoms with Crippen molar-refractivity contribution in [3.63, 3.8) is 0 Å². The molecule has 0 bridgehead atoms. The first-order valence-electron chi connectivity index (χ1n) is 25.2. The monoisotopic (exact) mass is 806 g/mol. The number of aliphatic hydroxyl groups is 4. The first-order chi connectivity index (χ1) is 28.0. The molecule has 6 heteroatoms. The van der Waals surface area contributed by atoms with Crippen LogP contribution in [0.4, 0.5) is 0 Å². The van der Waals surface area contributed by atoms with Gasteiger partial charge in [-0.15, -0.1) is 0 Å². The largest absolute Gasteiger partial charge is 0.394 e. The quantitative estimate of drug-likeness (QED) is 0.0311. The summed E-state index contributed by atoms with van der Waals surface area (Å²) in [7, 11) is 0. The molecule has 0 aromatic rings. The molecule has 57 heavy (non-hydrogen) atoms. The standard InChI is InChI=1S/C51H99NO5/c1-3-5-7-9-11-13-15-17-19-20-21-22-23-24-25-26-27-28-29-31-32-34-36-38-40-42-44-48(54)50(56)47(46-53)52-51(57)49(55)45-43-41-39-37-35-33-30-18-16-14-12-10-8-6-4-2/h30,33,36,38,47-50,53-56H,3-29,31-32,34-35,37,39-46H2,1-2H3,(H,52,57)/b33-30-,38-36+. The normalized spacial score (nSPS) is 14.1. The molecule has 0 saturated carbocycles. The number of amides is 1. The van der Waals surface area contributed by atoms with E-state index in [-0.39, 0.29) is 0 Å². The molecule has 0 aromatic heterocycles. The van der Waals surface area contributed by atoms with E-state index < -0.39 is 36.9 Å². The van der Waals surface area contributed by atoms with Gasteiger partial charge < -0.3 is 25.7 Å². The van der Waals surface area contributed by atoms with Crippen LogP contribution in [0.15, 0.2) is 24.3 Å². The van der Waals surface area contributed by atoms with Gasteiger partial charge in [0.05, 0.1) is 18.8 Å². The third-order valence-electron chi connectivity index (χ3n) is 11.9. The lowest BCUT2D eigenvalue weighted by Gasteiger charge is -2.27. The number of hydrogen-bond donors (Lipinski definition) is 5. The Kier molecular flexibility index (Phi) is 44.9. The fraction of sp³-hybridized carbons (Fsp3) is 0.902. The second-order valence-corrected chi connectivity index (χ2v) is 17.5. The van der Waals surface area contributed by atoms with E-state index in [1.54, 1.807) is 0 Å². The number of nitrogens with one attached hydrogen (secondary N) is 1. The van der Waals surface area contributed by atoms with Gasteiger partial charge in [-0.3, -0.25) is 4.79 Å². The van der Waals surface area contributed by atoms with E-state index in [1.165, 1.54) is 186 Å². The molecule has 6 nitrogen and oxygen atoms in total. The lowest BCUT2D eigenvalue weighted by molar-refractivity contribution is -0.132. The highest BCUT2D eigenvalue weighted by molar-refractivity contribution is 5.80. The smallest absolute Gasteiger partial charge is 0.249 e. The molecule has 0 spiro atoms. The van der Waals surface area contributed by atoms with E-state index in [1.807, 2.05) is 0 Å². The first kappa shape index (κ1) is 55.8. The van der Waals surface area contributed by atoms with Crippen LogP contribution in [0.2, 0.25) is 0 Å². The number of allylic oxidation sites excluding steroid dienone is 4. The summed E-state index contributed by atoms with van der Waals surface area (Å²) in [5.41, 5.74) is 0. The number of rotatable bonds is 46. The zero-order valence-corrected chi connectivity index (χ0v) is 38.1. The highest BCUT2D eigenvalue weighted by atomic mass is 16.3. The molecule has 0 radical (unpaired) electrons. The van der Waals surface area contributed by atoms with Crippen LogP contribution in [-0.2, 0) is 4.79 Å². The van der Waals surface area contributed by atoms with E-state index >= 15 is 0 Å². The van der Waals surface area contributed by atoms with Crippen LogP contribution in [0.25, 0.3) is 0 Å². The second-order valence-electron chi connectivity index (χ2n) is 17.5. The summed E-state index contributed by atoms with van der Waals surface area (Å²) in [6.45, 7) is 4.05. The van der Waals surface area contributed by atoms with Crippen molar-refractivity contribution in [1.82, 2.24) is 5.32 Å². The Morgan fingerprint density at radius 2 is 0.719 bits per heavy atom. The SMILES string of the molecule is CCCCCCCCC/C=C\CCCCCCC(O)C(=O)NC(CO)C(O)C(O)CCC/C=C/CCCCCCCCCCCCCCCCCCCCCCC. The molecule has 0 heterocycles. The summed E-state index contributed by atoms with van der Waals surface area (Å²) < 4.78 is 0. The number of carbonyl (C=O) groups excluding carboxylic acids is 1. The summed E-state index contributed by atoms with van der Waals surface area (Å²) in [5, 5.41) is 43.8. The second kappa shape index (κ2) is 45.9. The fourth-order valence-corrected chi connectivity index (χ4v) is 7.87. The maximum atomic E-state index is 12.5. The molecule has 4 unspecified atom stereocenters. The maximum Gasteiger partial charge on any atom is 0.249 e. The Morgan fingerprint density at radius 3 is 1.05 bits per heavy atom. The summed E-state index contributed by atoms with van der Waals surface area (Å²) in [4.78, 5) is 12.5. The maximum absolute atomic E-state index is 12.5. The molecule has 4 atom stereocenters. The van der Waals surface area contributed by atoms with Crippen molar-refractivity contribution in [3.05, 3.63) is 24.3 Å². The van der Waals surface area contributed by atoms with Crippen molar-refractivity contribution in [2.24, 2.45) is 0 Å². The molecule has 0 aliphatic carbocycles. The number of carbonyl (C=O) groups is 1. The van der Waals surface area contributed by atoms with Gasteiger partial charge in [-0.2, -0.15) is 0 Å². The molecule has 0 saturated heterocycles. The summed E-state index contributed by atoms with van der Waals surface area (Å²) in [6.07, 6.45) is 53.8. The van der Waals surface area contributed by atoms with Gasteiger partial charge in [0.25, 0.3) is 0 Å². The van der Waals surface area contributed by atoms with Gasteiger partial charge in [-0.05, 0) is 64.2 Å². The van der Waals surface area contributed by atoms with Crippen molar-refractivity contribution >= 4 is 5.91 Å². The van der Waals surface area contributed by atoms with E-state index in [2.05, 4.69) is 43.5 Å². The van der Waals surface area contributed by atoms with Crippen molar-refractivity contribution in [2.75, 3.05) is 6.61 Å². The van der Waals surface area contributed by atoms with Gasteiger partial charge in [-0.1, -0.05) is 224 Å². The van der Waals surface area contributed by atoms with Crippen LogP contribution >= 0.6 is 0 Å². The van der Waals surface area contributed by atoms with Gasteiger partial charge in [0.2, 0.25) is 5.91 Å². The zero-order chi connectivity index (χ0) is 41.7. The molecule has 0 aliphatic heterocycles. The minimum atomic E-state index is -1.28. The minimum Gasteiger partial charge on any atom is -0.394 e. The Balaban J connectivity index is 3.68. The van der Waals surface area contributed by atoms with Crippen molar-refractivity contribution in [1.29, 1.82) is 0 Å². The Morgan fingerprint density at radius 1 is 0.421 bits per heavy atom. The van der Waals surface area contributed by atoms with E-state index in [4.69, 9.17) is 0 Å². The summed E-state index contributed by atoms with van der Waals surface area (Å²) >= 11 is 0. The summed E-state index contributed by atoms with van der Waals surface area (Å²) in [6, 6.07) is -1.00. The molecule has 338 valence electrons. The number of aliphatic hydroxyl groups excluding tert-OH is 4. The fourth-order valence-electron chi connectivity index (χ4n) is 7.87. The third-order valence-corrected chi connectivity index (χ3v) is 11.9. The van der Waals surface area contributed by atoms with E-state index in [0.29, 0.717) is 12.8 Å². The molecular weight excluding hydrogens is 707 g/mol. The van der Waals surface area contributed by atoms with Crippen LogP contribution in [0, 0.1) is 0 Å². The topological polar surface area (TPSA) is 110 Å². The Hall–Kier alpha value is -1.21. The molecule has 0 rings (SSSR count). The van der Waals surface area contributed by atoms with Gasteiger partial charge in [0, 0.05) is 0 Å². The van der Waals surface area contributed by atoms with Gasteiger partial charge in [-0.25, -0.2) is 0 Å². The van der Waals surface area contributed by atoms with E-state index in [0.717, 1.165) is 51.4 Å². The molecule has 1 amide bonds. The number of hydrogen-bond acceptors (Lipinski definition) is 5. The lowest BCUT2D eigenvalue weighted by atomic mass is 10.00. The highest BCUT2D eigenvalue weighted by Gasteiger charge is 2.28. The van der Waals surface area contributed by atoms with Gasteiger partial charge >= 0.3 is 0 Å². The third kappa shape index (κ3) is 40.0.